The number of aliphatic imine (C=N–C) groups is 1. The van der Waals surface area contributed by atoms with Crippen LogP contribution >= 0.6 is 11.6 Å². The standard InChI is InChI=1S/C24H18ClNO3/c1-16-6-4-9-18(12-16)23-26-22(24(27)29-23)14-17-7-5-10-20(13-17)28-15-19-8-2-3-11-21(19)25/h2-14H,15H2,1H3. The molecule has 1 aliphatic heterocycles. The Labute approximate surface area is 174 Å². The monoisotopic (exact) mass is 403 g/mol. The maximum atomic E-state index is 12.2. The average Bonchev–Trinajstić information content (AvgIpc) is 3.08. The Kier molecular flexibility index (Phi) is 5.45. The van der Waals surface area contributed by atoms with Gasteiger partial charge in [-0.3, -0.25) is 0 Å². The average molecular weight is 404 g/mol. The lowest BCUT2D eigenvalue weighted by atomic mass is 10.1. The zero-order valence-corrected chi connectivity index (χ0v) is 16.5. The molecule has 0 atom stereocenters. The number of hydrogen-bond acceptors (Lipinski definition) is 4. The van der Waals surface area contributed by atoms with Gasteiger partial charge in [0.2, 0.25) is 5.90 Å². The van der Waals surface area contributed by atoms with E-state index in [1.54, 1.807) is 6.08 Å². The first-order valence-corrected chi connectivity index (χ1v) is 9.52. The van der Waals surface area contributed by atoms with Crippen molar-refractivity contribution in [1.82, 2.24) is 0 Å². The fourth-order valence-electron chi connectivity index (χ4n) is 2.94. The van der Waals surface area contributed by atoms with E-state index in [9.17, 15) is 4.79 Å². The molecule has 5 heteroatoms. The zero-order chi connectivity index (χ0) is 20.2. The van der Waals surface area contributed by atoms with Crippen molar-refractivity contribution in [3.05, 3.63) is 106 Å². The fraction of sp³-hybridized carbons (Fsp3) is 0.0833. The van der Waals surface area contributed by atoms with Gasteiger partial charge in [-0.1, -0.05) is 59.6 Å². The summed E-state index contributed by atoms with van der Waals surface area (Å²) in [6.45, 7) is 2.34. The van der Waals surface area contributed by atoms with Gasteiger partial charge < -0.3 is 9.47 Å². The third-order valence-corrected chi connectivity index (χ3v) is 4.77. The summed E-state index contributed by atoms with van der Waals surface area (Å²) in [4.78, 5) is 16.6. The van der Waals surface area contributed by atoms with Gasteiger partial charge >= 0.3 is 5.97 Å². The van der Waals surface area contributed by atoms with Crippen molar-refractivity contribution in [3.8, 4) is 5.75 Å². The minimum Gasteiger partial charge on any atom is -0.489 e. The quantitative estimate of drug-likeness (QED) is 0.413. The Morgan fingerprint density at radius 2 is 1.86 bits per heavy atom. The second-order valence-corrected chi connectivity index (χ2v) is 7.07. The molecule has 0 saturated heterocycles. The summed E-state index contributed by atoms with van der Waals surface area (Å²) in [5.41, 5.74) is 3.80. The molecular weight excluding hydrogens is 386 g/mol. The van der Waals surface area contributed by atoms with Gasteiger partial charge in [-0.2, -0.15) is 0 Å². The van der Waals surface area contributed by atoms with Crippen LogP contribution in [0.3, 0.4) is 0 Å². The Balaban J connectivity index is 1.53. The van der Waals surface area contributed by atoms with E-state index in [0.29, 0.717) is 23.3 Å². The fourth-order valence-corrected chi connectivity index (χ4v) is 3.13. The van der Waals surface area contributed by atoms with Crippen molar-refractivity contribution in [2.45, 2.75) is 13.5 Å². The summed E-state index contributed by atoms with van der Waals surface area (Å²) >= 11 is 6.17. The van der Waals surface area contributed by atoms with Crippen molar-refractivity contribution in [2.75, 3.05) is 0 Å². The highest BCUT2D eigenvalue weighted by Gasteiger charge is 2.24. The van der Waals surface area contributed by atoms with E-state index < -0.39 is 5.97 Å². The van der Waals surface area contributed by atoms with Gasteiger partial charge in [-0.15, -0.1) is 0 Å². The van der Waals surface area contributed by atoms with Crippen LogP contribution in [0.2, 0.25) is 5.02 Å². The van der Waals surface area contributed by atoms with E-state index in [4.69, 9.17) is 21.1 Å². The minimum atomic E-state index is -0.469. The molecule has 0 saturated carbocycles. The van der Waals surface area contributed by atoms with Crippen LogP contribution in [0.5, 0.6) is 5.75 Å². The number of carbonyl (C=O) groups excluding carboxylic acids is 1. The molecule has 0 aromatic heterocycles. The van der Waals surface area contributed by atoms with Crippen molar-refractivity contribution < 1.29 is 14.3 Å². The summed E-state index contributed by atoms with van der Waals surface area (Å²) < 4.78 is 11.2. The van der Waals surface area contributed by atoms with Crippen LogP contribution in [-0.4, -0.2) is 11.9 Å². The first-order chi connectivity index (χ1) is 14.1. The van der Waals surface area contributed by atoms with Crippen LogP contribution in [0.25, 0.3) is 6.08 Å². The predicted molar refractivity (Wildman–Crippen MR) is 114 cm³/mol. The number of nitrogens with zero attached hydrogens (tertiary/aromatic N) is 1. The summed E-state index contributed by atoms with van der Waals surface area (Å²) in [5.74, 6) is 0.522. The topological polar surface area (TPSA) is 47.9 Å². The van der Waals surface area contributed by atoms with Gasteiger partial charge in [0.25, 0.3) is 0 Å². The molecule has 3 aromatic rings. The first kappa shape index (κ1) is 19.0. The predicted octanol–water partition coefficient (Wildman–Crippen LogP) is 5.57. The van der Waals surface area contributed by atoms with Gasteiger partial charge in [-0.25, -0.2) is 9.79 Å². The molecule has 0 radical (unpaired) electrons. The Morgan fingerprint density at radius 1 is 1.03 bits per heavy atom. The molecule has 0 bridgehead atoms. The number of halogens is 1. The molecule has 0 aliphatic carbocycles. The molecule has 4 rings (SSSR count). The number of cyclic esters (lactones) is 1. The van der Waals surface area contributed by atoms with Crippen molar-refractivity contribution >= 4 is 29.5 Å². The maximum absolute atomic E-state index is 12.2. The zero-order valence-electron chi connectivity index (χ0n) is 15.8. The molecule has 0 spiro atoms. The molecule has 29 heavy (non-hydrogen) atoms. The van der Waals surface area contributed by atoms with E-state index in [1.807, 2.05) is 79.7 Å². The Bertz CT molecular complexity index is 1130. The highest BCUT2D eigenvalue weighted by molar-refractivity contribution is 6.31. The van der Waals surface area contributed by atoms with E-state index in [2.05, 4.69) is 4.99 Å². The second kappa shape index (κ2) is 8.33. The largest absolute Gasteiger partial charge is 0.489 e. The van der Waals surface area contributed by atoms with Gasteiger partial charge in [0.1, 0.15) is 12.4 Å². The Hall–Kier alpha value is -3.37. The molecule has 144 valence electrons. The molecule has 1 aliphatic rings. The third-order valence-electron chi connectivity index (χ3n) is 4.40. The molecular formula is C24H18ClNO3. The highest BCUT2D eigenvalue weighted by atomic mass is 35.5. The second-order valence-electron chi connectivity index (χ2n) is 6.66. The van der Waals surface area contributed by atoms with E-state index in [1.165, 1.54) is 0 Å². The van der Waals surface area contributed by atoms with Gasteiger partial charge in [0.05, 0.1) is 0 Å². The highest BCUT2D eigenvalue weighted by Crippen LogP contribution is 2.23. The molecule has 3 aromatic carbocycles. The molecule has 1 heterocycles. The number of esters is 1. The lowest BCUT2D eigenvalue weighted by Gasteiger charge is -2.08. The van der Waals surface area contributed by atoms with Crippen LogP contribution in [0.15, 0.2) is 83.5 Å². The molecule has 0 N–H and O–H groups in total. The van der Waals surface area contributed by atoms with Crippen molar-refractivity contribution in [1.29, 1.82) is 0 Å². The van der Waals surface area contributed by atoms with Crippen LogP contribution < -0.4 is 4.74 Å². The van der Waals surface area contributed by atoms with Gasteiger partial charge in [0.15, 0.2) is 5.70 Å². The van der Waals surface area contributed by atoms with Crippen LogP contribution in [0, 0.1) is 6.92 Å². The number of rotatable bonds is 5. The molecule has 0 amide bonds. The smallest absolute Gasteiger partial charge is 0.363 e. The number of aryl methyl sites for hydroxylation is 1. The number of hydrogen-bond donors (Lipinski definition) is 0. The molecule has 4 nitrogen and oxygen atoms in total. The SMILES string of the molecule is Cc1cccc(C2=NC(=Cc3cccc(OCc4ccccc4Cl)c3)C(=O)O2)c1. The van der Waals surface area contributed by atoms with Crippen LogP contribution in [0.1, 0.15) is 22.3 Å². The van der Waals surface area contributed by atoms with Gasteiger partial charge in [0, 0.05) is 16.1 Å². The molecule has 0 unspecified atom stereocenters. The van der Waals surface area contributed by atoms with Crippen molar-refractivity contribution in [3.63, 3.8) is 0 Å². The van der Waals surface area contributed by atoms with E-state index in [-0.39, 0.29) is 5.70 Å². The summed E-state index contributed by atoms with van der Waals surface area (Å²) in [6.07, 6.45) is 1.69. The van der Waals surface area contributed by atoms with Gasteiger partial charge in [-0.05, 0) is 48.9 Å². The maximum Gasteiger partial charge on any atom is 0.363 e. The van der Waals surface area contributed by atoms with Crippen molar-refractivity contribution in [2.24, 2.45) is 4.99 Å². The van der Waals surface area contributed by atoms with E-state index >= 15 is 0 Å². The summed E-state index contributed by atoms with van der Waals surface area (Å²) in [7, 11) is 0. The van der Waals surface area contributed by atoms with Crippen LogP contribution in [-0.2, 0) is 16.1 Å². The summed E-state index contributed by atoms with van der Waals surface area (Å²) in [6, 6.07) is 22.7. The normalized spacial score (nSPS) is 14.6. The third kappa shape index (κ3) is 4.55. The lowest BCUT2D eigenvalue weighted by molar-refractivity contribution is -0.129. The number of carbonyl (C=O) groups is 1. The van der Waals surface area contributed by atoms with E-state index in [0.717, 1.165) is 22.3 Å². The first-order valence-electron chi connectivity index (χ1n) is 9.14. The summed E-state index contributed by atoms with van der Waals surface area (Å²) in [5, 5.41) is 0.664. The number of benzene rings is 3. The Morgan fingerprint density at radius 3 is 2.69 bits per heavy atom. The molecule has 0 fully saturated rings. The number of ether oxygens (including phenoxy) is 2. The lowest BCUT2D eigenvalue weighted by Crippen LogP contribution is -2.05. The van der Waals surface area contributed by atoms with Crippen LogP contribution in [0.4, 0.5) is 0 Å². The minimum absolute atomic E-state index is 0.254.